The lowest BCUT2D eigenvalue weighted by atomic mass is 10.3. The summed E-state index contributed by atoms with van der Waals surface area (Å²) in [6.45, 7) is 2.14. The topological polar surface area (TPSA) is 72.5 Å². The summed E-state index contributed by atoms with van der Waals surface area (Å²) in [7, 11) is 0. The number of aliphatic carboxylic acids is 1. The van der Waals surface area contributed by atoms with E-state index in [2.05, 4.69) is 0 Å². The summed E-state index contributed by atoms with van der Waals surface area (Å²) >= 11 is 1.35. The number of ether oxygens (including phenoxy) is 1. The van der Waals surface area contributed by atoms with E-state index in [-0.39, 0.29) is 0 Å². The van der Waals surface area contributed by atoms with Crippen molar-refractivity contribution in [3.05, 3.63) is 24.3 Å². The minimum absolute atomic E-state index is 0.399. The number of benzene rings is 1. The van der Waals surface area contributed by atoms with Crippen LogP contribution in [0, 0.1) is 0 Å². The fourth-order valence-corrected chi connectivity index (χ4v) is 1.74. The molecular weight excluding hydrogens is 226 g/mol. The lowest BCUT2D eigenvalue weighted by Gasteiger charge is -2.08. The van der Waals surface area contributed by atoms with Crippen molar-refractivity contribution in [2.24, 2.45) is 0 Å². The Morgan fingerprint density at radius 2 is 2.38 bits per heavy atom. The van der Waals surface area contributed by atoms with Gasteiger partial charge in [0.05, 0.1) is 11.9 Å². The molecular formula is C11H15NO3S. The molecule has 0 bridgehead atoms. The van der Waals surface area contributed by atoms with Crippen LogP contribution in [0.1, 0.15) is 6.92 Å². The first-order valence-electron chi connectivity index (χ1n) is 4.92. The zero-order valence-corrected chi connectivity index (χ0v) is 9.87. The minimum Gasteiger partial charge on any atom is -0.493 e. The van der Waals surface area contributed by atoms with Gasteiger partial charge in [0.1, 0.15) is 5.75 Å². The third kappa shape index (κ3) is 4.44. The third-order valence-corrected chi connectivity index (χ3v) is 3.03. The maximum Gasteiger partial charge on any atom is 0.316 e. The number of carbonyl (C=O) groups is 1. The molecule has 0 amide bonds. The molecule has 1 unspecified atom stereocenters. The molecule has 0 heterocycles. The quantitative estimate of drug-likeness (QED) is 0.587. The molecule has 3 N–H and O–H groups in total. The molecule has 1 aromatic carbocycles. The summed E-state index contributed by atoms with van der Waals surface area (Å²) in [6.07, 6.45) is 0. The van der Waals surface area contributed by atoms with Crippen LogP contribution in [-0.4, -0.2) is 28.7 Å². The minimum atomic E-state index is -0.797. The largest absolute Gasteiger partial charge is 0.493 e. The van der Waals surface area contributed by atoms with Gasteiger partial charge < -0.3 is 15.6 Å². The number of carboxylic acids is 1. The molecule has 5 heteroatoms. The molecule has 0 saturated carbocycles. The van der Waals surface area contributed by atoms with Crippen molar-refractivity contribution >= 4 is 23.4 Å². The zero-order valence-electron chi connectivity index (χ0n) is 9.05. The number of anilines is 1. The van der Waals surface area contributed by atoms with Gasteiger partial charge in [-0.1, -0.05) is 6.07 Å². The normalized spacial score (nSPS) is 12.1. The first-order chi connectivity index (χ1) is 7.59. The molecule has 1 aromatic rings. The van der Waals surface area contributed by atoms with Gasteiger partial charge in [-0.25, -0.2) is 0 Å². The van der Waals surface area contributed by atoms with Crippen LogP contribution in [0.4, 0.5) is 5.69 Å². The summed E-state index contributed by atoms with van der Waals surface area (Å²) in [4.78, 5) is 10.5. The second-order valence-electron chi connectivity index (χ2n) is 3.27. The fraction of sp³-hybridized carbons (Fsp3) is 0.364. The summed E-state index contributed by atoms with van der Waals surface area (Å²) in [5, 5.41) is 8.26. The predicted octanol–water partition coefficient (Wildman–Crippen LogP) is 1.85. The fourth-order valence-electron chi connectivity index (χ4n) is 1.06. The van der Waals surface area contributed by atoms with Crippen LogP contribution in [-0.2, 0) is 4.79 Å². The van der Waals surface area contributed by atoms with Crippen LogP contribution in [0.25, 0.3) is 0 Å². The van der Waals surface area contributed by atoms with Crippen molar-refractivity contribution in [3.8, 4) is 5.75 Å². The Balaban J connectivity index is 2.23. The number of rotatable bonds is 6. The summed E-state index contributed by atoms with van der Waals surface area (Å²) in [5.41, 5.74) is 6.24. The van der Waals surface area contributed by atoms with E-state index in [1.807, 2.05) is 12.1 Å². The van der Waals surface area contributed by atoms with Gasteiger partial charge in [-0.05, 0) is 19.1 Å². The molecule has 0 fully saturated rings. The lowest BCUT2D eigenvalue weighted by molar-refractivity contribution is -0.136. The van der Waals surface area contributed by atoms with E-state index < -0.39 is 11.2 Å². The molecule has 16 heavy (non-hydrogen) atoms. The van der Waals surface area contributed by atoms with E-state index in [4.69, 9.17) is 15.6 Å². The van der Waals surface area contributed by atoms with Crippen LogP contribution in [0.3, 0.4) is 0 Å². The SMILES string of the molecule is CC(SCCOc1cccc(N)c1)C(=O)O. The van der Waals surface area contributed by atoms with Gasteiger partial charge in [0.15, 0.2) is 0 Å². The van der Waals surface area contributed by atoms with E-state index in [0.717, 1.165) is 0 Å². The Morgan fingerprint density at radius 1 is 1.62 bits per heavy atom. The predicted molar refractivity (Wildman–Crippen MR) is 65.9 cm³/mol. The van der Waals surface area contributed by atoms with Gasteiger partial charge in [0, 0.05) is 17.5 Å². The van der Waals surface area contributed by atoms with Gasteiger partial charge in [-0.2, -0.15) is 0 Å². The molecule has 0 aliphatic heterocycles. The number of nitrogens with two attached hydrogens (primary N) is 1. The average Bonchev–Trinajstić information content (AvgIpc) is 2.24. The first-order valence-corrected chi connectivity index (χ1v) is 5.97. The average molecular weight is 241 g/mol. The maximum absolute atomic E-state index is 10.5. The van der Waals surface area contributed by atoms with Crippen LogP contribution in [0.5, 0.6) is 5.75 Å². The molecule has 1 rings (SSSR count). The van der Waals surface area contributed by atoms with Crippen LogP contribution in [0.2, 0.25) is 0 Å². The van der Waals surface area contributed by atoms with Gasteiger partial charge >= 0.3 is 5.97 Å². The van der Waals surface area contributed by atoms with Gasteiger partial charge in [0.25, 0.3) is 0 Å². The van der Waals surface area contributed by atoms with Gasteiger partial charge in [-0.15, -0.1) is 11.8 Å². The Kier molecular flexibility index (Phi) is 4.98. The number of hydrogen-bond donors (Lipinski definition) is 2. The second-order valence-corrected chi connectivity index (χ2v) is 4.72. The molecule has 0 spiro atoms. The Morgan fingerprint density at radius 3 is 3.00 bits per heavy atom. The highest BCUT2D eigenvalue weighted by Crippen LogP contribution is 2.15. The summed E-state index contributed by atoms with van der Waals surface area (Å²) in [5.74, 6) is 0.556. The highest BCUT2D eigenvalue weighted by Gasteiger charge is 2.10. The maximum atomic E-state index is 10.5. The Labute approximate surface area is 98.8 Å². The first kappa shape index (κ1) is 12.7. The van der Waals surface area contributed by atoms with Crippen molar-refractivity contribution in [1.82, 2.24) is 0 Å². The monoisotopic (exact) mass is 241 g/mol. The van der Waals surface area contributed by atoms with Gasteiger partial charge in [-0.3, -0.25) is 4.79 Å². The number of carboxylic acid groups (broad SMARTS) is 1. The van der Waals surface area contributed by atoms with E-state index >= 15 is 0 Å². The Hall–Kier alpha value is -1.36. The molecule has 0 aromatic heterocycles. The highest BCUT2D eigenvalue weighted by atomic mass is 32.2. The summed E-state index contributed by atoms with van der Waals surface area (Å²) in [6, 6.07) is 7.17. The second kappa shape index (κ2) is 6.27. The number of nitrogen functional groups attached to an aromatic ring is 1. The number of thioether (sulfide) groups is 1. The summed E-state index contributed by atoms with van der Waals surface area (Å²) < 4.78 is 5.42. The zero-order chi connectivity index (χ0) is 12.0. The van der Waals surface area contributed by atoms with Crippen molar-refractivity contribution in [3.63, 3.8) is 0 Å². The molecule has 0 aliphatic carbocycles. The standard InChI is InChI=1S/C11H15NO3S/c1-8(11(13)14)16-6-5-15-10-4-2-3-9(12)7-10/h2-4,7-8H,5-6,12H2,1H3,(H,13,14). The lowest BCUT2D eigenvalue weighted by Crippen LogP contribution is -2.14. The van der Waals surface area contributed by atoms with Crippen molar-refractivity contribution in [2.45, 2.75) is 12.2 Å². The highest BCUT2D eigenvalue weighted by molar-refractivity contribution is 8.00. The molecule has 0 aliphatic rings. The molecule has 0 radical (unpaired) electrons. The van der Waals surface area contributed by atoms with E-state index in [1.165, 1.54) is 11.8 Å². The molecule has 1 atom stereocenters. The van der Waals surface area contributed by atoms with Crippen molar-refractivity contribution < 1.29 is 14.6 Å². The van der Waals surface area contributed by atoms with E-state index in [0.29, 0.717) is 23.8 Å². The van der Waals surface area contributed by atoms with E-state index in [1.54, 1.807) is 19.1 Å². The van der Waals surface area contributed by atoms with Crippen molar-refractivity contribution in [1.29, 1.82) is 0 Å². The molecule has 4 nitrogen and oxygen atoms in total. The van der Waals surface area contributed by atoms with Crippen LogP contribution >= 0.6 is 11.8 Å². The van der Waals surface area contributed by atoms with Gasteiger partial charge in [0.2, 0.25) is 0 Å². The van der Waals surface area contributed by atoms with E-state index in [9.17, 15) is 4.79 Å². The Bertz CT molecular complexity index is 357. The molecule has 0 saturated heterocycles. The smallest absolute Gasteiger partial charge is 0.316 e. The third-order valence-electron chi connectivity index (χ3n) is 1.93. The van der Waals surface area contributed by atoms with Crippen LogP contribution in [0.15, 0.2) is 24.3 Å². The van der Waals surface area contributed by atoms with Crippen molar-refractivity contribution in [2.75, 3.05) is 18.1 Å². The number of hydrogen-bond acceptors (Lipinski definition) is 4. The van der Waals surface area contributed by atoms with Crippen LogP contribution < -0.4 is 10.5 Å². The molecule has 88 valence electrons.